The monoisotopic (exact) mass is 376 g/mol. The van der Waals surface area contributed by atoms with Gasteiger partial charge in [0.15, 0.2) is 0 Å². The van der Waals surface area contributed by atoms with Crippen molar-refractivity contribution >= 4 is 11.0 Å². The fraction of sp³-hybridized carbons (Fsp3) is 0.0385. The van der Waals surface area contributed by atoms with Crippen molar-refractivity contribution < 1.29 is 4.74 Å². The van der Waals surface area contributed by atoms with Gasteiger partial charge in [-0.2, -0.15) is 0 Å². The first-order valence-electron chi connectivity index (χ1n) is 9.68. The standard InChI is InChI=1S/C26H20N2O/c1-2-8-19(9-3-1)18-29-21-16-14-20(15-17-21)22-10-4-5-11-23(22)26-27-24-12-6-7-13-25(24)28-26/h1-17H,18H2,(H,27,28). The molecule has 0 saturated carbocycles. The summed E-state index contributed by atoms with van der Waals surface area (Å²) in [4.78, 5) is 8.21. The highest BCUT2D eigenvalue weighted by Crippen LogP contribution is 2.32. The number of rotatable bonds is 5. The highest BCUT2D eigenvalue weighted by Gasteiger charge is 2.11. The molecule has 0 aliphatic carbocycles. The van der Waals surface area contributed by atoms with Gasteiger partial charge in [-0.15, -0.1) is 0 Å². The SMILES string of the molecule is c1ccc(COc2ccc(-c3ccccc3-c3nc4ccccc4[nH]3)cc2)cc1. The summed E-state index contributed by atoms with van der Waals surface area (Å²) in [6.45, 7) is 0.565. The summed E-state index contributed by atoms with van der Waals surface area (Å²) in [6.07, 6.45) is 0. The smallest absolute Gasteiger partial charge is 0.139 e. The van der Waals surface area contributed by atoms with E-state index in [4.69, 9.17) is 9.72 Å². The Kier molecular flexibility index (Phi) is 4.55. The molecule has 29 heavy (non-hydrogen) atoms. The van der Waals surface area contributed by atoms with Crippen LogP contribution < -0.4 is 4.74 Å². The Morgan fingerprint density at radius 2 is 1.34 bits per heavy atom. The Morgan fingerprint density at radius 3 is 2.14 bits per heavy atom. The van der Waals surface area contributed by atoms with Crippen molar-refractivity contribution in [2.45, 2.75) is 6.61 Å². The van der Waals surface area contributed by atoms with Crippen LogP contribution in [0.5, 0.6) is 5.75 Å². The molecule has 0 aliphatic heterocycles. The second kappa shape index (κ2) is 7.64. The normalized spacial score (nSPS) is 10.9. The number of ether oxygens (including phenoxy) is 1. The summed E-state index contributed by atoms with van der Waals surface area (Å²) in [5.41, 5.74) is 6.53. The predicted octanol–water partition coefficient (Wildman–Crippen LogP) is 6.48. The minimum atomic E-state index is 0.565. The molecular formula is C26H20N2O. The molecule has 1 heterocycles. The molecule has 3 heteroatoms. The first-order valence-corrected chi connectivity index (χ1v) is 9.68. The molecule has 0 unspecified atom stereocenters. The lowest BCUT2D eigenvalue weighted by Gasteiger charge is -2.10. The number of H-pyrrole nitrogens is 1. The van der Waals surface area contributed by atoms with E-state index in [2.05, 4.69) is 47.4 Å². The second-order valence-corrected chi connectivity index (χ2v) is 6.95. The molecular weight excluding hydrogens is 356 g/mol. The number of benzene rings is 4. The molecule has 3 nitrogen and oxygen atoms in total. The molecule has 0 spiro atoms. The van der Waals surface area contributed by atoms with Gasteiger partial charge in [0.25, 0.3) is 0 Å². The van der Waals surface area contributed by atoms with Crippen LogP contribution in [0.15, 0.2) is 103 Å². The predicted molar refractivity (Wildman–Crippen MR) is 118 cm³/mol. The third-order valence-electron chi connectivity index (χ3n) is 4.99. The van der Waals surface area contributed by atoms with Gasteiger partial charge in [-0.25, -0.2) is 4.98 Å². The van der Waals surface area contributed by atoms with Gasteiger partial charge in [0.1, 0.15) is 18.2 Å². The van der Waals surface area contributed by atoms with Gasteiger partial charge in [0, 0.05) is 5.56 Å². The van der Waals surface area contributed by atoms with Gasteiger partial charge in [-0.3, -0.25) is 0 Å². The summed E-state index contributed by atoms with van der Waals surface area (Å²) in [5.74, 6) is 1.74. The maximum atomic E-state index is 5.92. The molecule has 0 amide bonds. The van der Waals surface area contributed by atoms with Crippen LogP contribution in [0.2, 0.25) is 0 Å². The van der Waals surface area contributed by atoms with E-state index < -0.39 is 0 Å². The fourth-order valence-corrected chi connectivity index (χ4v) is 3.49. The lowest BCUT2D eigenvalue weighted by Crippen LogP contribution is -1.94. The van der Waals surface area contributed by atoms with Crippen LogP contribution in [0.3, 0.4) is 0 Å². The van der Waals surface area contributed by atoms with Crippen LogP contribution in [-0.2, 0) is 6.61 Å². The number of fused-ring (bicyclic) bond motifs is 1. The highest BCUT2D eigenvalue weighted by atomic mass is 16.5. The van der Waals surface area contributed by atoms with Crippen LogP contribution in [0.25, 0.3) is 33.5 Å². The molecule has 0 atom stereocenters. The Bertz CT molecular complexity index is 1210. The van der Waals surface area contributed by atoms with Gasteiger partial charge < -0.3 is 9.72 Å². The molecule has 0 radical (unpaired) electrons. The number of hydrogen-bond donors (Lipinski definition) is 1. The number of imidazole rings is 1. The van der Waals surface area contributed by atoms with E-state index in [0.29, 0.717) is 6.61 Å². The third-order valence-corrected chi connectivity index (χ3v) is 4.99. The summed E-state index contributed by atoms with van der Waals surface area (Å²) in [7, 11) is 0. The maximum absolute atomic E-state index is 5.92. The van der Waals surface area contributed by atoms with E-state index in [9.17, 15) is 0 Å². The average molecular weight is 376 g/mol. The van der Waals surface area contributed by atoms with E-state index in [1.54, 1.807) is 0 Å². The third kappa shape index (κ3) is 3.63. The lowest BCUT2D eigenvalue weighted by molar-refractivity contribution is 0.306. The molecule has 0 saturated heterocycles. The average Bonchev–Trinajstić information content (AvgIpc) is 3.23. The molecule has 140 valence electrons. The molecule has 5 rings (SSSR count). The Hall–Kier alpha value is -3.85. The van der Waals surface area contributed by atoms with E-state index in [-0.39, 0.29) is 0 Å². The summed E-state index contributed by atoms with van der Waals surface area (Å²) < 4.78 is 5.92. The minimum Gasteiger partial charge on any atom is -0.489 e. The zero-order chi connectivity index (χ0) is 19.5. The zero-order valence-corrected chi connectivity index (χ0v) is 15.9. The first-order chi connectivity index (χ1) is 14.4. The second-order valence-electron chi connectivity index (χ2n) is 6.95. The summed E-state index contributed by atoms with van der Waals surface area (Å²) in [6, 6.07) is 34.9. The number of nitrogens with zero attached hydrogens (tertiary/aromatic N) is 1. The van der Waals surface area contributed by atoms with Crippen LogP contribution in [0.1, 0.15) is 5.56 Å². The number of aromatic nitrogens is 2. The van der Waals surface area contributed by atoms with Gasteiger partial charge in [0.05, 0.1) is 11.0 Å². The minimum absolute atomic E-state index is 0.565. The van der Waals surface area contributed by atoms with Gasteiger partial charge >= 0.3 is 0 Å². The zero-order valence-electron chi connectivity index (χ0n) is 15.9. The van der Waals surface area contributed by atoms with Gasteiger partial charge in [-0.1, -0.05) is 78.9 Å². The van der Waals surface area contributed by atoms with E-state index in [1.165, 1.54) is 0 Å². The van der Waals surface area contributed by atoms with Crippen LogP contribution >= 0.6 is 0 Å². The number of nitrogens with one attached hydrogen (secondary N) is 1. The van der Waals surface area contributed by atoms with Crippen LogP contribution in [0.4, 0.5) is 0 Å². The van der Waals surface area contributed by atoms with E-state index in [1.807, 2.05) is 60.7 Å². The molecule has 1 aromatic heterocycles. The van der Waals surface area contributed by atoms with Crippen molar-refractivity contribution in [2.75, 3.05) is 0 Å². The number of hydrogen-bond acceptors (Lipinski definition) is 2. The van der Waals surface area contributed by atoms with Crippen LogP contribution in [0, 0.1) is 0 Å². The van der Waals surface area contributed by atoms with E-state index in [0.717, 1.165) is 44.9 Å². The van der Waals surface area contributed by atoms with E-state index >= 15 is 0 Å². The van der Waals surface area contributed by atoms with Crippen LogP contribution in [-0.4, -0.2) is 9.97 Å². The van der Waals surface area contributed by atoms with Crippen molar-refractivity contribution in [3.63, 3.8) is 0 Å². The first kappa shape index (κ1) is 17.3. The van der Waals surface area contributed by atoms with Crippen molar-refractivity contribution in [1.82, 2.24) is 9.97 Å². The quantitative estimate of drug-likeness (QED) is 0.381. The molecule has 5 aromatic rings. The maximum Gasteiger partial charge on any atom is 0.139 e. The van der Waals surface area contributed by atoms with Crippen molar-refractivity contribution in [3.05, 3.63) is 109 Å². The van der Waals surface area contributed by atoms with Crippen molar-refractivity contribution in [1.29, 1.82) is 0 Å². The topological polar surface area (TPSA) is 37.9 Å². The lowest BCUT2D eigenvalue weighted by atomic mass is 9.99. The molecule has 0 fully saturated rings. The summed E-state index contributed by atoms with van der Waals surface area (Å²) >= 11 is 0. The molecule has 1 N–H and O–H groups in total. The van der Waals surface area contributed by atoms with Gasteiger partial charge in [-0.05, 0) is 41.0 Å². The molecule has 0 bridgehead atoms. The highest BCUT2D eigenvalue weighted by molar-refractivity contribution is 5.85. The summed E-state index contributed by atoms with van der Waals surface area (Å²) in [5, 5.41) is 0. The number of aromatic amines is 1. The molecule has 0 aliphatic rings. The van der Waals surface area contributed by atoms with Crippen molar-refractivity contribution in [3.8, 4) is 28.3 Å². The Balaban J connectivity index is 1.42. The van der Waals surface area contributed by atoms with Gasteiger partial charge in [0.2, 0.25) is 0 Å². The largest absolute Gasteiger partial charge is 0.489 e. The number of para-hydroxylation sites is 2. The fourth-order valence-electron chi connectivity index (χ4n) is 3.49. The molecule has 4 aromatic carbocycles. The Morgan fingerprint density at radius 1 is 0.655 bits per heavy atom. The van der Waals surface area contributed by atoms with Crippen molar-refractivity contribution in [2.24, 2.45) is 0 Å². The Labute approximate surface area is 169 Å².